The van der Waals surface area contributed by atoms with Crippen LogP contribution in [-0.4, -0.2) is 24.0 Å². The molecule has 0 saturated carbocycles. The summed E-state index contributed by atoms with van der Waals surface area (Å²) in [6, 6.07) is 8.14. The molecule has 0 fully saturated rings. The molecule has 0 aromatic heterocycles. The molecule has 1 rings (SSSR count). The predicted octanol–water partition coefficient (Wildman–Crippen LogP) is 0.826. The highest BCUT2D eigenvalue weighted by molar-refractivity contribution is 5.97. The number of urea groups is 1. The molecule has 1 atom stereocenters. The molecule has 0 bridgehead atoms. The molecule has 0 unspecified atom stereocenters. The molecule has 1 aromatic rings. The lowest BCUT2D eigenvalue weighted by molar-refractivity contribution is -0.149. The van der Waals surface area contributed by atoms with Crippen LogP contribution in [-0.2, 0) is 14.3 Å². The SMILES string of the molecule is C[C@@H](OC(=O)/C=C/c1ccccc1)C(=O)NC(N)=O. The van der Waals surface area contributed by atoms with Gasteiger partial charge in [0, 0.05) is 6.08 Å². The maximum absolute atomic E-state index is 11.4. The average Bonchev–Trinajstić information content (AvgIpc) is 2.36. The van der Waals surface area contributed by atoms with E-state index in [1.807, 2.05) is 35.6 Å². The van der Waals surface area contributed by atoms with Crippen LogP contribution in [0.4, 0.5) is 4.79 Å². The standard InChI is InChI=1S/C13H14N2O4/c1-9(12(17)15-13(14)18)19-11(16)8-7-10-5-3-2-4-6-10/h2-9H,1H3,(H3,14,15,17,18)/b8-7+/t9-/m1/s1. The molecule has 3 N–H and O–H groups in total. The maximum atomic E-state index is 11.4. The number of esters is 1. The van der Waals surface area contributed by atoms with Gasteiger partial charge in [-0.25, -0.2) is 9.59 Å². The lowest BCUT2D eigenvalue weighted by Crippen LogP contribution is -2.42. The van der Waals surface area contributed by atoms with Crippen molar-refractivity contribution in [1.29, 1.82) is 0 Å². The summed E-state index contributed by atoms with van der Waals surface area (Å²) in [4.78, 5) is 33.1. The Hall–Kier alpha value is -2.63. The minimum atomic E-state index is -1.10. The van der Waals surface area contributed by atoms with Crippen LogP contribution < -0.4 is 11.1 Å². The molecule has 0 aliphatic rings. The van der Waals surface area contributed by atoms with Gasteiger partial charge < -0.3 is 10.5 Å². The van der Waals surface area contributed by atoms with Crippen LogP contribution in [0, 0.1) is 0 Å². The van der Waals surface area contributed by atoms with Gasteiger partial charge in [0.2, 0.25) is 0 Å². The average molecular weight is 262 g/mol. The number of imide groups is 1. The van der Waals surface area contributed by atoms with Gasteiger partial charge >= 0.3 is 12.0 Å². The summed E-state index contributed by atoms with van der Waals surface area (Å²) in [7, 11) is 0. The highest BCUT2D eigenvalue weighted by Gasteiger charge is 2.17. The zero-order valence-corrected chi connectivity index (χ0v) is 10.3. The third-order valence-electron chi connectivity index (χ3n) is 2.12. The Bertz CT molecular complexity index is 497. The fourth-order valence-electron chi connectivity index (χ4n) is 1.22. The Morgan fingerprint density at radius 2 is 1.89 bits per heavy atom. The van der Waals surface area contributed by atoms with Crippen LogP contribution in [0.2, 0.25) is 0 Å². The van der Waals surface area contributed by atoms with Crippen molar-refractivity contribution in [1.82, 2.24) is 5.32 Å². The first kappa shape index (κ1) is 14.4. The molecule has 6 nitrogen and oxygen atoms in total. The van der Waals surface area contributed by atoms with E-state index < -0.39 is 24.0 Å². The fraction of sp³-hybridized carbons (Fsp3) is 0.154. The minimum Gasteiger partial charge on any atom is -0.449 e. The van der Waals surface area contributed by atoms with Crippen molar-refractivity contribution in [3.63, 3.8) is 0 Å². The Labute approximate surface area is 110 Å². The number of hydrogen-bond acceptors (Lipinski definition) is 4. The summed E-state index contributed by atoms with van der Waals surface area (Å²) in [5, 5.41) is 1.82. The van der Waals surface area contributed by atoms with E-state index >= 15 is 0 Å². The molecule has 3 amide bonds. The largest absolute Gasteiger partial charge is 0.449 e. The lowest BCUT2D eigenvalue weighted by atomic mass is 10.2. The number of nitrogens with one attached hydrogen (secondary N) is 1. The van der Waals surface area contributed by atoms with Crippen molar-refractivity contribution in [2.45, 2.75) is 13.0 Å². The number of carbonyl (C=O) groups is 3. The normalized spacial score (nSPS) is 11.8. The van der Waals surface area contributed by atoms with E-state index in [0.29, 0.717) is 0 Å². The quantitative estimate of drug-likeness (QED) is 0.620. The summed E-state index contributed by atoms with van der Waals surface area (Å²) in [6.07, 6.45) is 1.66. The highest BCUT2D eigenvalue weighted by Crippen LogP contribution is 2.02. The molecule has 100 valence electrons. The molecular formula is C13H14N2O4. The van der Waals surface area contributed by atoms with Gasteiger partial charge in [-0.1, -0.05) is 30.3 Å². The van der Waals surface area contributed by atoms with Gasteiger partial charge in [-0.3, -0.25) is 10.1 Å². The van der Waals surface area contributed by atoms with Gasteiger partial charge in [-0.05, 0) is 18.6 Å². The van der Waals surface area contributed by atoms with Gasteiger partial charge in [0.05, 0.1) is 0 Å². The van der Waals surface area contributed by atoms with E-state index in [9.17, 15) is 14.4 Å². The Morgan fingerprint density at radius 1 is 1.26 bits per heavy atom. The second kappa shape index (κ2) is 6.95. The minimum absolute atomic E-state index is 0.684. The molecule has 0 spiro atoms. The van der Waals surface area contributed by atoms with Crippen LogP contribution in [0.1, 0.15) is 12.5 Å². The maximum Gasteiger partial charge on any atom is 0.331 e. The molecule has 6 heteroatoms. The number of benzene rings is 1. The van der Waals surface area contributed by atoms with E-state index in [0.717, 1.165) is 5.56 Å². The summed E-state index contributed by atoms with van der Waals surface area (Å²) in [5.74, 6) is -1.45. The second-order valence-corrected chi connectivity index (χ2v) is 3.68. The number of ether oxygens (including phenoxy) is 1. The Balaban J connectivity index is 2.49. The van der Waals surface area contributed by atoms with Gasteiger partial charge in [0.1, 0.15) is 0 Å². The third kappa shape index (κ3) is 5.49. The highest BCUT2D eigenvalue weighted by atomic mass is 16.5. The predicted molar refractivity (Wildman–Crippen MR) is 68.8 cm³/mol. The van der Waals surface area contributed by atoms with Crippen molar-refractivity contribution in [3.8, 4) is 0 Å². The number of hydrogen-bond donors (Lipinski definition) is 2. The van der Waals surface area contributed by atoms with E-state index in [4.69, 9.17) is 10.5 Å². The van der Waals surface area contributed by atoms with Crippen molar-refractivity contribution in [3.05, 3.63) is 42.0 Å². The van der Waals surface area contributed by atoms with E-state index in [1.165, 1.54) is 13.0 Å². The van der Waals surface area contributed by atoms with E-state index in [2.05, 4.69) is 0 Å². The number of nitrogens with two attached hydrogens (primary N) is 1. The molecule has 19 heavy (non-hydrogen) atoms. The van der Waals surface area contributed by atoms with Crippen molar-refractivity contribution in [2.24, 2.45) is 5.73 Å². The number of primary amides is 1. The second-order valence-electron chi connectivity index (χ2n) is 3.68. The first-order valence-electron chi connectivity index (χ1n) is 5.53. The molecule has 0 aliphatic heterocycles. The van der Waals surface area contributed by atoms with Gasteiger partial charge in [0.15, 0.2) is 6.10 Å². The van der Waals surface area contributed by atoms with E-state index in [1.54, 1.807) is 6.08 Å². The van der Waals surface area contributed by atoms with Crippen LogP contribution >= 0.6 is 0 Å². The molecular weight excluding hydrogens is 248 g/mol. The molecule has 0 heterocycles. The number of amides is 3. The third-order valence-corrected chi connectivity index (χ3v) is 2.12. The van der Waals surface area contributed by atoms with Crippen LogP contribution in [0.5, 0.6) is 0 Å². The van der Waals surface area contributed by atoms with Gasteiger partial charge in [0.25, 0.3) is 5.91 Å². The Kier molecular flexibility index (Phi) is 5.28. The van der Waals surface area contributed by atoms with Gasteiger partial charge in [-0.2, -0.15) is 0 Å². The summed E-state index contributed by atoms with van der Waals surface area (Å²) in [6.45, 7) is 1.34. The molecule has 0 aliphatic carbocycles. The van der Waals surface area contributed by atoms with Gasteiger partial charge in [-0.15, -0.1) is 0 Å². The molecule has 1 aromatic carbocycles. The van der Waals surface area contributed by atoms with Crippen molar-refractivity contribution < 1.29 is 19.1 Å². The van der Waals surface area contributed by atoms with Crippen molar-refractivity contribution >= 4 is 24.0 Å². The van der Waals surface area contributed by atoms with Crippen LogP contribution in [0.3, 0.4) is 0 Å². The smallest absolute Gasteiger partial charge is 0.331 e. The van der Waals surface area contributed by atoms with Crippen LogP contribution in [0.25, 0.3) is 6.08 Å². The number of rotatable bonds is 4. The first-order chi connectivity index (χ1) is 8.99. The zero-order valence-electron chi connectivity index (χ0n) is 10.3. The topological polar surface area (TPSA) is 98.5 Å². The van der Waals surface area contributed by atoms with E-state index in [-0.39, 0.29) is 0 Å². The Morgan fingerprint density at radius 3 is 2.47 bits per heavy atom. The fourth-order valence-corrected chi connectivity index (χ4v) is 1.22. The summed E-state index contributed by atoms with van der Waals surface area (Å²) in [5.41, 5.74) is 5.60. The summed E-state index contributed by atoms with van der Waals surface area (Å²) < 4.78 is 4.79. The zero-order chi connectivity index (χ0) is 14.3. The number of carbonyl (C=O) groups excluding carboxylic acids is 3. The first-order valence-corrected chi connectivity index (χ1v) is 5.53. The van der Waals surface area contributed by atoms with Crippen LogP contribution in [0.15, 0.2) is 36.4 Å². The van der Waals surface area contributed by atoms with Crippen molar-refractivity contribution in [2.75, 3.05) is 0 Å². The lowest BCUT2D eigenvalue weighted by Gasteiger charge is -2.09. The molecule has 0 radical (unpaired) electrons. The summed E-state index contributed by atoms with van der Waals surface area (Å²) >= 11 is 0. The molecule has 0 saturated heterocycles. The monoisotopic (exact) mass is 262 g/mol.